The van der Waals surface area contributed by atoms with Crippen molar-refractivity contribution in [2.75, 3.05) is 14.2 Å². The molecule has 0 aromatic heterocycles. The fourth-order valence-electron chi connectivity index (χ4n) is 3.67. The number of aliphatic hydroxyl groups is 1. The summed E-state index contributed by atoms with van der Waals surface area (Å²) in [5, 5.41) is 9.86. The number of piperidine rings is 1. The normalized spacial score (nSPS) is 27.6. The maximum atomic E-state index is 12.9. The van der Waals surface area contributed by atoms with Gasteiger partial charge in [-0.15, -0.1) is 0 Å². The molecule has 1 amide bonds. The summed E-state index contributed by atoms with van der Waals surface area (Å²) in [5.41, 5.74) is 0.533. The molecular weight excluding hydrogens is 270 g/mol. The van der Waals surface area contributed by atoms with Crippen LogP contribution in [-0.4, -0.2) is 48.3 Å². The summed E-state index contributed by atoms with van der Waals surface area (Å²) in [7, 11) is 3.11. The van der Waals surface area contributed by atoms with Crippen molar-refractivity contribution in [3.8, 4) is 11.5 Å². The highest BCUT2D eigenvalue weighted by Gasteiger charge is 2.43. The number of fused-ring (bicyclic) bond motifs is 2. The van der Waals surface area contributed by atoms with Gasteiger partial charge < -0.3 is 19.5 Å². The van der Waals surface area contributed by atoms with Gasteiger partial charge in [0.1, 0.15) is 0 Å². The second-order valence-corrected chi connectivity index (χ2v) is 5.76. The van der Waals surface area contributed by atoms with Crippen molar-refractivity contribution >= 4 is 5.91 Å². The van der Waals surface area contributed by atoms with E-state index in [1.54, 1.807) is 32.4 Å². The maximum absolute atomic E-state index is 12.9. The fourth-order valence-corrected chi connectivity index (χ4v) is 3.67. The fraction of sp³-hybridized carbons (Fsp3) is 0.562. The van der Waals surface area contributed by atoms with Gasteiger partial charge in [-0.2, -0.15) is 0 Å². The van der Waals surface area contributed by atoms with Crippen molar-refractivity contribution in [3.05, 3.63) is 23.8 Å². The number of para-hydroxylation sites is 1. The van der Waals surface area contributed by atoms with Crippen LogP contribution in [0.4, 0.5) is 0 Å². The molecule has 2 atom stereocenters. The van der Waals surface area contributed by atoms with E-state index in [1.807, 2.05) is 4.90 Å². The number of rotatable bonds is 3. The predicted molar refractivity (Wildman–Crippen MR) is 77.8 cm³/mol. The maximum Gasteiger partial charge on any atom is 0.258 e. The first-order valence-corrected chi connectivity index (χ1v) is 7.37. The van der Waals surface area contributed by atoms with Gasteiger partial charge in [0.2, 0.25) is 0 Å². The van der Waals surface area contributed by atoms with E-state index >= 15 is 0 Å². The van der Waals surface area contributed by atoms with Gasteiger partial charge >= 0.3 is 0 Å². The lowest BCUT2D eigenvalue weighted by Crippen LogP contribution is -2.48. The molecule has 1 N–H and O–H groups in total. The van der Waals surface area contributed by atoms with Gasteiger partial charge in [0.05, 0.1) is 25.9 Å². The molecule has 2 aliphatic rings. The van der Waals surface area contributed by atoms with Gasteiger partial charge in [-0.05, 0) is 37.8 Å². The molecule has 2 unspecified atom stereocenters. The van der Waals surface area contributed by atoms with E-state index in [2.05, 4.69) is 0 Å². The van der Waals surface area contributed by atoms with E-state index in [-0.39, 0.29) is 24.1 Å². The Morgan fingerprint density at radius 3 is 2.43 bits per heavy atom. The summed E-state index contributed by atoms with van der Waals surface area (Å²) in [6.45, 7) is 0. The molecule has 2 aliphatic heterocycles. The van der Waals surface area contributed by atoms with Crippen LogP contribution in [-0.2, 0) is 0 Å². The van der Waals surface area contributed by atoms with Crippen LogP contribution < -0.4 is 9.47 Å². The van der Waals surface area contributed by atoms with Crippen LogP contribution in [0.5, 0.6) is 11.5 Å². The highest BCUT2D eigenvalue weighted by molar-refractivity contribution is 5.98. The first-order valence-electron chi connectivity index (χ1n) is 7.37. The Bertz CT molecular complexity index is 531. The first kappa shape index (κ1) is 14.2. The Morgan fingerprint density at radius 1 is 1.19 bits per heavy atom. The molecular formula is C16H21NO4. The zero-order valence-electron chi connectivity index (χ0n) is 12.4. The standard InChI is InChI=1S/C16H21NO4/c1-20-14-5-3-4-13(15(14)21-2)16(19)17-10-6-7-11(17)9-12(18)8-10/h3-5,10-12,18H,6-9H2,1-2H3. The second kappa shape index (κ2) is 5.56. The number of carbonyl (C=O) groups excluding carboxylic acids is 1. The van der Waals surface area contributed by atoms with Crippen LogP contribution >= 0.6 is 0 Å². The smallest absolute Gasteiger partial charge is 0.258 e. The molecule has 1 aromatic rings. The summed E-state index contributed by atoms with van der Waals surface area (Å²) in [4.78, 5) is 14.9. The van der Waals surface area contributed by atoms with E-state index in [0.717, 1.165) is 12.8 Å². The molecule has 5 nitrogen and oxygen atoms in total. The van der Waals surface area contributed by atoms with E-state index in [0.29, 0.717) is 29.9 Å². The molecule has 21 heavy (non-hydrogen) atoms. The van der Waals surface area contributed by atoms with Crippen LogP contribution in [0.2, 0.25) is 0 Å². The molecule has 0 radical (unpaired) electrons. The number of nitrogens with zero attached hydrogens (tertiary/aromatic N) is 1. The lowest BCUT2D eigenvalue weighted by Gasteiger charge is -2.37. The minimum Gasteiger partial charge on any atom is -0.493 e. The third-order valence-corrected chi connectivity index (χ3v) is 4.58. The number of amides is 1. The summed E-state index contributed by atoms with van der Waals surface area (Å²) in [6, 6.07) is 5.64. The van der Waals surface area contributed by atoms with Crippen LogP contribution in [0.3, 0.4) is 0 Å². The zero-order chi connectivity index (χ0) is 15.0. The van der Waals surface area contributed by atoms with Gasteiger partial charge in [-0.1, -0.05) is 6.07 Å². The first-order chi connectivity index (χ1) is 10.2. The topological polar surface area (TPSA) is 59.0 Å². The minimum atomic E-state index is -0.279. The molecule has 114 valence electrons. The van der Waals surface area contributed by atoms with Crippen molar-refractivity contribution in [2.24, 2.45) is 0 Å². The second-order valence-electron chi connectivity index (χ2n) is 5.76. The molecule has 1 aromatic carbocycles. The van der Waals surface area contributed by atoms with Gasteiger partial charge in [-0.25, -0.2) is 0 Å². The number of carbonyl (C=O) groups is 1. The number of aliphatic hydroxyl groups excluding tert-OH is 1. The highest BCUT2D eigenvalue weighted by Crippen LogP contribution is 2.39. The summed E-state index contributed by atoms with van der Waals surface area (Å²) in [5.74, 6) is 1.02. The number of ether oxygens (including phenoxy) is 2. The van der Waals surface area contributed by atoms with E-state index in [9.17, 15) is 9.90 Å². The van der Waals surface area contributed by atoms with Gasteiger partial charge in [0.25, 0.3) is 5.91 Å². The molecule has 2 bridgehead atoms. The van der Waals surface area contributed by atoms with Crippen molar-refractivity contribution in [1.82, 2.24) is 4.90 Å². The van der Waals surface area contributed by atoms with Crippen LogP contribution in [0.15, 0.2) is 18.2 Å². The summed E-state index contributed by atoms with van der Waals surface area (Å²) >= 11 is 0. The third kappa shape index (κ3) is 2.35. The highest BCUT2D eigenvalue weighted by atomic mass is 16.5. The lowest BCUT2D eigenvalue weighted by atomic mass is 9.98. The molecule has 5 heteroatoms. The number of hydrogen-bond acceptors (Lipinski definition) is 4. The Labute approximate surface area is 124 Å². The Hall–Kier alpha value is -1.75. The van der Waals surface area contributed by atoms with E-state index < -0.39 is 0 Å². The number of hydrogen-bond donors (Lipinski definition) is 1. The van der Waals surface area contributed by atoms with Crippen molar-refractivity contribution < 1.29 is 19.4 Å². The summed E-state index contributed by atoms with van der Waals surface area (Å²) < 4.78 is 10.6. The number of methoxy groups -OCH3 is 2. The molecule has 0 saturated carbocycles. The van der Waals surface area contributed by atoms with Gasteiger partial charge in [-0.3, -0.25) is 4.79 Å². The molecule has 2 fully saturated rings. The van der Waals surface area contributed by atoms with Crippen LogP contribution in [0.1, 0.15) is 36.0 Å². The predicted octanol–water partition coefficient (Wildman–Crippen LogP) is 1.83. The number of benzene rings is 1. The van der Waals surface area contributed by atoms with Crippen molar-refractivity contribution in [2.45, 2.75) is 43.9 Å². The Kier molecular flexibility index (Phi) is 3.76. The van der Waals surface area contributed by atoms with E-state index in [4.69, 9.17) is 9.47 Å². The van der Waals surface area contributed by atoms with Crippen molar-refractivity contribution in [1.29, 1.82) is 0 Å². The summed E-state index contributed by atoms with van der Waals surface area (Å²) in [6.07, 6.45) is 3.02. The zero-order valence-corrected chi connectivity index (χ0v) is 12.4. The van der Waals surface area contributed by atoms with Crippen LogP contribution in [0, 0.1) is 0 Å². The SMILES string of the molecule is COc1cccc(C(=O)N2C3CCC2CC(O)C3)c1OC. The Morgan fingerprint density at radius 2 is 1.86 bits per heavy atom. The third-order valence-electron chi connectivity index (χ3n) is 4.58. The Balaban J connectivity index is 1.93. The monoisotopic (exact) mass is 291 g/mol. The van der Waals surface area contributed by atoms with E-state index in [1.165, 1.54) is 0 Å². The largest absolute Gasteiger partial charge is 0.493 e. The van der Waals surface area contributed by atoms with Gasteiger partial charge in [0.15, 0.2) is 11.5 Å². The lowest BCUT2D eigenvalue weighted by molar-refractivity contribution is 0.0284. The molecule has 0 spiro atoms. The molecule has 2 heterocycles. The quantitative estimate of drug-likeness (QED) is 0.923. The van der Waals surface area contributed by atoms with Crippen molar-refractivity contribution in [3.63, 3.8) is 0 Å². The molecule has 2 saturated heterocycles. The minimum absolute atomic E-state index is 0.0230. The molecule has 3 rings (SSSR count). The average Bonchev–Trinajstić information content (AvgIpc) is 2.77. The average molecular weight is 291 g/mol. The van der Waals surface area contributed by atoms with Crippen LogP contribution in [0.25, 0.3) is 0 Å². The van der Waals surface area contributed by atoms with Gasteiger partial charge in [0, 0.05) is 12.1 Å². The molecule has 0 aliphatic carbocycles.